The van der Waals surface area contributed by atoms with Crippen molar-refractivity contribution in [3.05, 3.63) is 12.7 Å². The Balaban J connectivity index is 3.53. The fourth-order valence-electron chi connectivity index (χ4n) is 0.933. The Labute approximate surface area is 85.4 Å². The minimum Gasteiger partial charge on any atom is -0.465 e. The number of carbonyl (C=O) groups excluding carboxylic acids is 1. The SMILES string of the molecule is C=CCC(=O)OCCCC(C)(C)C#N. The molecule has 78 valence electrons. The first kappa shape index (κ1) is 12.7. The molecule has 0 aromatic rings. The summed E-state index contributed by atoms with van der Waals surface area (Å²) in [6.45, 7) is 7.57. The van der Waals surface area contributed by atoms with Crippen LogP contribution in [0, 0.1) is 16.7 Å². The van der Waals surface area contributed by atoms with E-state index in [0.29, 0.717) is 6.61 Å². The summed E-state index contributed by atoms with van der Waals surface area (Å²) in [6.07, 6.45) is 3.23. The molecule has 14 heavy (non-hydrogen) atoms. The minimum absolute atomic E-state index is 0.252. The molecule has 0 amide bonds. The molecular formula is C11H17NO2. The van der Waals surface area contributed by atoms with Crippen molar-refractivity contribution in [3.8, 4) is 6.07 Å². The van der Waals surface area contributed by atoms with Crippen LogP contribution in [0.5, 0.6) is 0 Å². The molecule has 0 rings (SSSR count). The standard InChI is InChI=1S/C11H17NO2/c1-4-6-10(13)14-8-5-7-11(2,3)9-12/h4H,1,5-8H2,2-3H3. The Morgan fingerprint density at radius 2 is 2.29 bits per heavy atom. The molecule has 0 aromatic heterocycles. The fourth-order valence-corrected chi connectivity index (χ4v) is 0.933. The molecule has 0 radical (unpaired) electrons. The van der Waals surface area contributed by atoms with Gasteiger partial charge in [-0.2, -0.15) is 5.26 Å². The molecule has 0 aliphatic rings. The van der Waals surface area contributed by atoms with Crippen LogP contribution in [0.2, 0.25) is 0 Å². The van der Waals surface area contributed by atoms with E-state index in [9.17, 15) is 4.79 Å². The maximum atomic E-state index is 10.9. The van der Waals surface area contributed by atoms with Crippen LogP contribution in [0.25, 0.3) is 0 Å². The van der Waals surface area contributed by atoms with Gasteiger partial charge in [0.25, 0.3) is 0 Å². The average Bonchev–Trinajstić information content (AvgIpc) is 2.13. The fraction of sp³-hybridized carbons (Fsp3) is 0.636. The highest BCUT2D eigenvalue weighted by atomic mass is 16.5. The number of carbonyl (C=O) groups is 1. The van der Waals surface area contributed by atoms with Gasteiger partial charge in [0.2, 0.25) is 0 Å². The zero-order valence-electron chi connectivity index (χ0n) is 8.88. The second-order valence-corrected chi connectivity index (χ2v) is 3.81. The predicted octanol–water partition coefficient (Wildman–Crippen LogP) is 2.44. The molecule has 0 atom stereocenters. The topological polar surface area (TPSA) is 50.1 Å². The third-order valence-corrected chi connectivity index (χ3v) is 1.82. The lowest BCUT2D eigenvalue weighted by Crippen LogP contribution is -2.11. The van der Waals surface area contributed by atoms with Crippen molar-refractivity contribution in [3.63, 3.8) is 0 Å². The zero-order chi connectivity index (χ0) is 11.0. The van der Waals surface area contributed by atoms with Crippen LogP contribution in [0.4, 0.5) is 0 Å². The number of nitriles is 1. The molecule has 0 aromatic carbocycles. The first-order valence-electron chi connectivity index (χ1n) is 4.69. The molecule has 0 heterocycles. The highest BCUT2D eigenvalue weighted by Gasteiger charge is 2.15. The lowest BCUT2D eigenvalue weighted by atomic mass is 9.90. The van der Waals surface area contributed by atoms with Gasteiger partial charge in [-0.3, -0.25) is 4.79 Å². The first-order valence-corrected chi connectivity index (χ1v) is 4.69. The van der Waals surface area contributed by atoms with Gasteiger partial charge in [-0.1, -0.05) is 6.08 Å². The lowest BCUT2D eigenvalue weighted by Gasteiger charge is -2.14. The predicted molar refractivity (Wildman–Crippen MR) is 54.4 cm³/mol. The van der Waals surface area contributed by atoms with Crippen LogP contribution in [0.3, 0.4) is 0 Å². The van der Waals surface area contributed by atoms with Crippen molar-refractivity contribution >= 4 is 5.97 Å². The Kier molecular flexibility index (Phi) is 5.62. The van der Waals surface area contributed by atoms with Crippen molar-refractivity contribution < 1.29 is 9.53 Å². The quantitative estimate of drug-likeness (QED) is 0.371. The average molecular weight is 195 g/mol. The summed E-state index contributed by atoms with van der Waals surface area (Å²) in [5.74, 6) is -0.255. The number of hydrogen-bond acceptors (Lipinski definition) is 3. The van der Waals surface area contributed by atoms with E-state index in [2.05, 4.69) is 12.6 Å². The van der Waals surface area contributed by atoms with Crippen molar-refractivity contribution in [1.82, 2.24) is 0 Å². The number of esters is 1. The molecule has 3 nitrogen and oxygen atoms in total. The molecule has 0 spiro atoms. The Hall–Kier alpha value is -1.30. The van der Waals surface area contributed by atoms with Gasteiger partial charge in [0.15, 0.2) is 0 Å². The highest BCUT2D eigenvalue weighted by molar-refractivity contribution is 5.70. The molecule has 0 saturated heterocycles. The number of hydrogen-bond donors (Lipinski definition) is 0. The summed E-state index contributed by atoms with van der Waals surface area (Å²) in [4.78, 5) is 10.9. The number of nitrogens with zero attached hydrogens (tertiary/aromatic N) is 1. The lowest BCUT2D eigenvalue weighted by molar-refractivity contribution is -0.142. The molecule has 0 fully saturated rings. The molecular weight excluding hydrogens is 178 g/mol. The van der Waals surface area contributed by atoms with Crippen LogP contribution in [0.1, 0.15) is 33.1 Å². The smallest absolute Gasteiger partial charge is 0.309 e. The van der Waals surface area contributed by atoms with Gasteiger partial charge >= 0.3 is 5.97 Å². The van der Waals surface area contributed by atoms with E-state index in [0.717, 1.165) is 12.8 Å². The summed E-state index contributed by atoms with van der Waals surface area (Å²) in [5, 5.41) is 8.72. The summed E-state index contributed by atoms with van der Waals surface area (Å²) >= 11 is 0. The van der Waals surface area contributed by atoms with Crippen molar-refractivity contribution in [2.75, 3.05) is 6.61 Å². The highest BCUT2D eigenvalue weighted by Crippen LogP contribution is 2.20. The summed E-state index contributed by atoms with van der Waals surface area (Å²) < 4.78 is 4.90. The molecule has 0 aliphatic carbocycles. The molecule has 0 aliphatic heterocycles. The van der Waals surface area contributed by atoms with E-state index in [1.54, 1.807) is 0 Å². The van der Waals surface area contributed by atoms with Crippen LogP contribution < -0.4 is 0 Å². The van der Waals surface area contributed by atoms with E-state index < -0.39 is 0 Å². The Morgan fingerprint density at radius 3 is 2.79 bits per heavy atom. The summed E-state index contributed by atoms with van der Waals surface area (Å²) in [7, 11) is 0. The monoisotopic (exact) mass is 195 g/mol. The van der Waals surface area contributed by atoms with Gasteiger partial charge < -0.3 is 4.74 Å². The van der Waals surface area contributed by atoms with E-state index in [1.165, 1.54) is 6.08 Å². The van der Waals surface area contributed by atoms with E-state index in [-0.39, 0.29) is 17.8 Å². The summed E-state index contributed by atoms with van der Waals surface area (Å²) in [6, 6.07) is 2.20. The van der Waals surface area contributed by atoms with E-state index in [1.807, 2.05) is 13.8 Å². The van der Waals surface area contributed by atoms with Gasteiger partial charge in [-0.05, 0) is 26.7 Å². The van der Waals surface area contributed by atoms with Gasteiger partial charge in [-0.15, -0.1) is 6.58 Å². The largest absolute Gasteiger partial charge is 0.465 e. The van der Waals surface area contributed by atoms with Crippen molar-refractivity contribution in [1.29, 1.82) is 5.26 Å². The van der Waals surface area contributed by atoms with Gasteiger partial charge in [0.1, 0.15) is 0 Å². The maximum Gasteiger partial charge on any atom is 0.309 e. The summed E-state index contributed by atoms with van der Waals surface area (Å²) in [5.41, 5.74) is -0.329. The molecule has 0 N–H and O–H groups in total. The van der Waals surface area contributed by atoms with E-state index in [4.69, 9.17) is 10.00 Å². The molecule has 0 saturated carbocycles. The number of ether oxygens (including phenoxy) is 1. The van der Waals surface area contributed by atoms with E-state index >= 15 is 0 Å². The normalized spacial score (nSPS) is 10.4. The first-order chi connectivity index (χ1) is 6.52. The van der Waals surface area contributed by atoms with Gasteiger partial charge in [0.05, 0.1) is 24.5 Å². The second kappa shape index (κ2) is 6.20. The van der Waals surface area contributed by atoms with Crippen molar-refractivity contribution in [2.45, 2.75) is 33.1 Å². The third kappa shape index (κ3) is 6.24. The van der Waals surface area contributed by atoms with Gasteiger partial charge in [-0.25, -0.2) is 0 Å². The molecule has 3 heteroatoms. The van der Waals surface area contributed by atoms with Crippen LogP contribution in [-0.2, 0) is 9.53 Å². The Bertz CT molecular complexity index is 238. The third-order valence-electron chi connectivity index (χ3n) is 1.82. The van der Waals surface area contributed by atoms with Crippen LogP contribution >= 0.6 is 0 Å². The van der Waals surface area contributed by atoms with Gasteiger partial charge in [0, 0.05) is 0 Å². The molecule has 0 bridgehead atoms. The Morgan fingerprint density at radius 1 is 1.64 bits per heavy atom. The van der Waals surface area contributed by atoms with Crippen LogP contribution in [-0.4, -0.2) is 12.6 Å². The second-order valence-electron chi connectivity index (χ2n) is 3.81. The van der Waals surface area contributed by atoms with Crippen molar-refractivity contribution in [2.24, 2.45) is 5.41 Å². The number of rotatable bonds is 6. The zero-order valence-corrected chi connectivity index (χ0v) is 8.88. The maximum absolute atomic E-state index is 10.9. The van der Waals surface area contributed by atoms with Crippen LogP contribution in [0.15, 0.2) is 12.7 Å². The minimum atomic E-state index is -0.329. The molecule has 0 unspecified atom stereocenters.